The Hall–Kier alpha value is -0.720. The van der Waals surface area contributed by atoms with Gasteiger partial charge in [-0.15, -0.1) is 0 Å². The van der Waals surface area contributed by atoms with Crippen molar-refractivity contribution in [2.24, 2.45) is 0 Å². The lowest BCUT2D eigenvalue weighted by Crippen LogP contribution is -3.00. The van der Waals surface area contributed by atoms with Gasteiger partial charge >= 0.3 is 0 Å². The lowest BCUT2D eigenvalue weighted by Gasteiger charge is -2.33. The van der Waals surface area contributed by atoms with E-state index in [1.54, 1.807) is 0 Å². The molecule has 28 heavy (non-hydrogen) atoms. The van der Waals surface area contributed by atoms with Crippen molar-refractivity contribution in [1.82, 2.24) is 4.90 Å². The van der Waals surface area contributed by atoms with E-state index >= 15 is 0 Å². The summed E-state index contributed by atoms with van der Waals surface area (Å²) < 4.78 is 6.79. The summed E-state index contributed by atoms with van der Waals surface area (Å²) in [6.45, 7) is 10.7. The standard InChI is InChI=1S/C22H37N2O2S.BrH/c1-18(2)20-9-8-19(3)21(16-20)26-13-7-6-12-24(4,5)17-22(25)23-10-14-27-15-11-23;/h8-9,16,18H,6-7,10-15,17H2,1-5H3;1H/q+1;/p-1. The molecule has 160 valence electrons. The Balaban J connectivity index is 0.00000392. The Labute approximate surface area is 186 Å². The van der Waals surface area contributed by atoms with Crippen LogP contribution >= 0.6 is 11.8 Å². The molecule has 0 spiro atoms. The molecule has 0 radical (unpaired) electrons. The summed E-state index contributed by atoms with van der Waals surface area (Å²) >= 11 is 1.94. The van der Waals surface area contributed by atoms with Gasteiger partial charge in [-0.1, -0.05) is 26.0 Å². The number of quaternary nitrogens is 1. The fourth-order valence-electron chi connectivity index (χ4n) is 3.31. The number of rotatable bonds is 9. The summed E-state index contributed by atoms with van der Waals surface area (Å²) in [6, 6.07) is 6.51. The quantitative estimate of drug-likeness (QED) is 0.395. The Morgan fingerprint density at radius 1 is 1.21 bits per heavy atom. The second kappa shape index (κ2) is 12.1. The summed E-state index contributed by atoms with van der Waals surface area (Å²) in [5.74, 6) is 3.98. The minimum absolute atomic E-state index is 0. The Morgan fingerprint density at radius 2 is 1.89 bits per heavy atom. The predicted molar refractivity (Wildman–Crippen MR) is 116 cm³/mol. The van der Waals surface area contributed by atoms with Crippen LogP contribution in [-0.4, -0.2) is 73.7 Å². The molecule has 0 aliphatic carbocycles. The monoisotopic (exact) mass is 472 g/mol. The SMILES string of the molecule is Cc1ccc(C(C)C)cc1OCCCC[N+](C)(C)CC(=O)N1CCSCC1.[Br-]. The first-order valence-electron chi connectivity index (χ1n) is 10.2. The highest BCUT2D eigenvalue weighted by molar-refractivity contribution is 7.99. The Morgan fingerprint density at radius 3 is 2.54 bits per heavy atom. The van der Waals surface area contributed by atoms with Gasteiger partial charge < -0.3 is 31.1 Å². The molecule has 2 rings (SSSR count). The molecule has 0 aromatic heterocycles. The number of aryl methyl sites for hydroxylation is 1. The van der Waals surface area contributed by atoms with Crippen molar-refractivity contribution in [2.45, 2.75) is 39.5 Å². The second-order valence-corrected chi connectivity index (χ2v) is 9.77. The minimum atomic E-state index is 0. The van der Waals surface area contributed by atoms with E-state index in [0.29, 0.717) is 18.4 Å². The number of unbranched alkanes of at least 4 members (excludes halogenated alkanes) is 1. The molecule has 0 saturated carbocycles. The van der Waals surface area contributed by atoms with Gasteiger partial charge in [0.1, 0.15) is 5.75 Å². The van der Waals surface area contributed by atoms with Gasteiger partial charge in [0.2, 0.25) is 0 Å². The number of thioether (sulfide) groups is 1. The number of hydrogen-bond donors (Lipinski definition) is 0. The molecule has 1 saturated heterocycles. The molecule has 0 bridgehead atoms. The molecule has 6 heteroatoms. The van der Waals surface area contributed by atoms with Gasteiger partial charge in [0.05, 0.1) is 27.2 Å². The van der Waals surface area contributed by atoms with E-state index in [4.69, 9.17) is 4.74 Å². The van der Waals surface area contributed by atoms with Crippen LogP contribution in [0.3, 0.4) is 0 Å². The van der Waals surface area contributed by atoms with E-state index < -0.39 is 0 Å². The van der Waals surface area contributed by atoms with Crippen LogP contribution in [0.2, 0.25) is 0 Å². The van der Waals surface area contributed by atoms with Crippen LogP contribution in [0.1, 0.15) is 43.7 Å². The molecule has 0 unspecified atom stereocenters. The smallest absolute Gasteiger partial charge is 0.277 e. The zero-order chi connectivity index (χ0) is 19.9. The first kappa shape index (κ1) is 25.3. The minimum Gasteiger partial charge on any atom is -1.00 e. The normalized spacial score (nSPS) is 14.7. The molecule has 1 aromatic rings. The number of likely N-dealkylation sites (N-methyl/N-ethyl adjacent to an activating group) is 1. The fraction of sp³-hybridized carbons (Fsp3) is 0.682. The number of carbonyl (C=O) groups excluding carboxylic acids is 1. The molecule has 0 atom stereocenters. The summed E-state index contributed by atoms with van der Waals surface area (Å²) in [7, 11) is 4.32. The highest BCUT2D eigenvalue weighted by atomic mass is 79.9. The molecular formula is C22H37BrN2O2S. The molecular weight excluding hydrogens is 436 g/mol. The van der Waals surface area contributed by atoms with E-state index in [9.17, 15) is 4.79 Å². The van der Waals surface area contributed by atoms with Gasteiger partial charge in [0.15, 0.2) is 6.54 Å². The molecule has 0 N–H and O–H groups in total. The summed E-state index contributed by atoms with van der Waals surface area (Å²) in [5.41, 5.74) is 2.52. The highest BCUT2D eigenvalue weighted by Crippen LogP contribution is 2.24. The van der Waals surface area contributed by atoms with Crippen molar-refractivity contribution in [3.05, 3.63) is 29.3 Å². The van der Waals surface area contributed by atoms with Crippen LogP contribution in [0.4, 0.5) is 0 Å². The first-order valence-corrected chi connectivity index (χ1v) is 11.3. The average Bonchev–Trinajstić information content (AvgIpc) is 2.63. The van der Waals surface area contributed by atoms with Gasteiger partial charge in [-0.25, -0.2) is 0 Å². The number of amides is 1. The number of benzene rings is 1. The number of ether oxygens (including phenoxy) is 1. The maximum atomic E-state index is 12.5. The molecule has 1 amide bonds. The van der Waals surface area contributed by atoms with Crippen molar-refractivity contribution < 1.29 is 31.0 Å². The van der Waals surface area contributed by atoms with Crippen LogP contribution in [0.5, 0.6) is 5.75 Å². The molecule has 1 aliphatic heterocycles. The number of halogens is 1. The van der Waals surface area contributed by atoms with Crippen LogP contribution < -0.4 is 21.7 Å². The van der Waals surface area contributed by atoms with E-state index in [0.717, 1.165) is 60.8 Å². The molecule has 1 heterocycles. The molecule has 1 aliphatic rings. The van der Waals surface area contributed by atoms with Gasteiger partial charge in [-0.2, -0.15) is 11.8 Å². The van der Waals surface area contributed by atoms with Crippen molar-refractivity contribution in [3.8, 4) is 5.75 Å². The third-order valence-corrected chi connectivity index (χ3v) is 6.16. The fourth-order valence-corrected chi connectivity index (χ4v) is 4.22. The maximum absolute atomic E-state index is 12.5. The molecule has 1 fully saturated rings. The van der Waals surface area contributed by atoms with Gasteiger partial charge in [-0.3, -0.25) is 4.79 Å². The zero-order valence-corrected chi connectivity index (χ0v) is 20.6. The third-order valence-electron chi connectivity index (χ3n) is 5.22. The summed E-state index contributed by atoms with van der Waals surface area (Å²) in [6.07, 6.45) is 2.08. The largest absolute Gasteiger partial charge is 1.00 e. The predicted octanol–water partition coefficient (Wildman–Crippen LogP) is 0.933. The van der Waals surface area contributed by atoms with Crippen molar-refractivity contribution >= 4 is 17.7 Å². The average molecular weight is 474 g/mol. The lowest BCUT2D eigenvalue weighted by atomic mass is 10.0. The molecule has 4 nitrogen and oxygen atoms in total. The maximum Gasteiger partial charge on any atom is 0.277 e. The van der Waals surface area contributed by atoms with E-state index in [2.05, 4.69) is 53.1 Å². The number of nitrogens with zero attached hydrogens (tertiary/aromatic N) is 2. The van der Waals surface area contributed by atoms with Crippen molar-refractivity contribution in [3.63, 3.8) is 0 Å². The van der Waals surface area contributed by atoms with Crippen LogP contribution in [-0.2, 0) is 4.79 Å². The Bertz CT molecular complexity index is 617. The summed E-state index contributed by atoms with van der Waals surface area (Å²) in [4.78, 5) is 14.5. The first-order chi connectivity index (χ1) is 12.8. The van der Waals surface area contributed by atoms with E-state index in [1.807, 2.05) is 16.7 Å². The van der Waals surface area contributed by atoms with E-state index in [1.165, 1.54) is 11.1 Å². The number of carbonyl (C=O) groups is 1. The highest BCUT2D eigenvalue weighted by Gasteiger charge is 2.25. The van der Waals surface area contributed by atoms with Crippen LogP contribution in [0, 0.1) is 6.92 Å². The topological polar surface area (TPSA) is 29.5 Å². The molecule has 1 aromatic carbocycles. The van der Waals surface area contributed by atoms with Gasteiger partial charge in [0, 0.05) is 24.6 Å². The summed E-state index contributed by atoms with van der Waals surface area (Å²) in [5, 5.41) is 0. The van der Waals surface area contributed by atoms with Crippen molar-refractivity contribution in [1.29, 1.82) is 0 Å². The zero-order valence-electron chi connectivity index (χ0n) is 18.2. The number of hydrogen-bond acceptors (Lipinski definition) is 3. The van der Waals surface area contributed by atoms with Crippen LogP contribution in [0.15, 0.2) is 18.2 Å². The lowest BCUT2D eigenvalue weighted by molar-refractivity contribution is -0.883. The van der Waals surface area contributed by atoms with E-state index in [-0.39, 0.29) is 17.0 Å². The van der Waals surface area contributed by atoms with Gasteiger partial charge in [-0.05, 0) is 42.9 Å². The van der Waals surface area contributed by atoms with Gasteiger partial charge in [0.25, 0.3) is 5.91 Å². The van der Waals surface area contributed by atoms with Crippen molar-refractivity contribution in [2.75, 3.05) is 58.4 Å². The third kappa shape index (κ3) is 8.34. The Kier molecular flexibility index (Phi) is 10.9. The second-order valence-electron chi connectivity index (χ2n) is 8.55. The van der Waals surface area contributed by atoms with Crippen LogP contribution in [0.25, 0.3) is 0 Å².